The monoisotopic (exact) mass is 1160 g/mol. The number of oxime groups is 1. The average molecular weight is 1170 g/mol. The van der Waals surface area contributed by atoms with Crippen molar-refractivity contribution in [1.29, 1.82) is 0 Å². The first-order valence-electron chi connectivity index (χ1n) is 25.5. The largest absolute Gasteiger partial charge is 0.457 e. The van der Waals surface area contributed by atoms with Crippen molar-refractivity contribution in [3.8, 4) is 0 Å². The molecule has 0 radical (unpaired) electrons. The van der Waals surface area contributed by atoms with Crippen molar-refractivity contribution in [3.63, 3.8) is 0 Å². The van der Waals surface area contributed by atoms with Gasteiger partial charge in [0.1, 0.15) is 33.9 Å². The van der Waals surface area contributed by atoms with Crippen LogP contribution >= 0.6 is 24.0 Å². The molecular weight excluding hydrogens is 1110 g/mol. The molecule has 2 aliphatic rings. The third-order valence-corrected chi connectivity index (χ3v) is 15.8. The third-order valence-electron chi connectivity index (χ3n) is 13.1. The Kier molecular flexibility index (Phi) is 18.0. The lowest BCUT2D eigenvalue weighted by molar-refractivity contribution is -0.160. The summed E-state index contributed by atoms with van der Waals surface area (Å²) in [6, 6.07) is 45.5. The molecular formula is C59H56N8O12S3. The van der Waals surface area contributed by atoms with Crippen LogP contribution in [0.4, 0.5) is 5.13 Å². The zero-order valence-corrected chi connectivity index (χ0v) is 47.4. The molecule has 0 spiro atoms. The van der Waals surface area contributed by atoms with Crippen LogP contribution in [0.3, 0.4) is 0 Å². The summed E-state index contributed by atoms with van der Waals surface area (Å²) >= 11 is 5.81. The second kappa shape index (κ2) is 25.5. The number of aromatic nitrogens is 4. The van der Waals surface area contributed by atoms with Gasteiger partial charge in [-0.05, 0) is 60.2 Å². The number of aromatic amines is 1. The highest BCUT2D eigenvalue weighted by Gasteiger charge is 2.58. The highest BCUT2D eigenvalue weighted by molar-refractivity contribution is 7.90. The number of nitrogens with zero attached hydrogens (tertiary/aromatic N) is 5. The predicted molar refractivity (Wildman–Crippen MR) is 311 cm³/mol. The fraction of sp³-hybridized carbons (Fsp3) is 0.237. The van der Waals surface area contributed by atoms with Crippen LogP contribution in [0.25, 0.3) is 4.91 Å². The van der Waals surface area contributed by atoms with Crippen molar-refractivity contribution in [2.75, 3.05) is 31.9 Å². The van der Waals surface area contributed by atoms with Gasteiger partial charge in [-0.1, -0.05) is 157 Å². The number of amides is 2. The summed E-state index contributed by atoms with van der Waals surface area (Å²) in [6.07, 6.45) is -0.731. The van der Waals surface area contributed by atoms with Crippen molar-refractivity contribution in [2.45, 2.75) is 62.3 Å². The van der Waals surface area contributed by atoms with Crippen molar-refractivity contribution in [2.24, 2.45) is 5.16 Å². The van der Waals surface area contributed by atoms with Crippen LogP contribution in [-0.2, 0) is 65.8 Å². The van der Waals surface area contributed by atoms with E-state index < -0.39 is 98.7 Å². The minimum Gasteiger partial charge on any atom is -0.457 e. The number of thiazole rings is 1. The summed E-state index contributed by atoms with van der Waals surface area (Å²) in [7, 11) is 0.587. The van der Waals surface area contributed by atoms with E-state index in [2.05, 4.69) is 38.6 Å². The van der Waals surface area contributed by atoms with Gasteiger partial charge < -0.3 is 34.4 Å². The molecule has 2 aliphatic heterocycles. The van der Waals surface area contributed by atoms with Gasteiger partial charge in [0.25, 0.3) is 11.8 Å². The number of allylic oxidation sites excluding steroid dienone is 1. The zero-order chi connectivity index (χ0) is 58.1. The number of H-pyrrole nitrogens is 1. The van der Waals surface area contributed by atoms with Gasteiger partial charge in [0.15, 0.2) is 29.1 Å². The van der Waals surface area contributed by atoms with Crippen LogP contribution in [-0.4, -0.2) is 108 Å². The van der Waals surface area contributed by atoms with E-state index in [4.69, 9.17) is 28.8 Å². The zero-order valence-electron chi connectivity index (χ0n) is 44.9. The molecule has 1 fully saturated rings. The summed E-state index contributed by atoms with van der Waals surface area (Å²) in [5, 5.41) is 17.2. The predicted octanol–water partition coefficient (Wildman–Crippen LogP) is 6.45. The van der Waals surface area contributed by atoms with E-state index in [0.29, 0.717) is 16.3 Å². The van der Waals surface area contributed by atoms with Crippen LogP contribution in [0.2, 0.25) is 0 Å². The fourth-order valence-electron chi connectivity index (χ4n) is 9.39. The van der Waals surface area contributed by atoms with E-state index in [9.17, 15) is 28.2 Å². The van der Waals surface area contributed by atoms with Gasteiger partial charge in [0.05, 0.1) is 23.1 Å². The molecule has 3 atom stereocenters. The quantitative estimate of drug-likeness (QED) is 0.00883. The molecule has 5 aromatic carbocycles. The third kappa shape index (κ3) is 12.6. The van der Waals surface area contributed by atoms with Gasteiger partial charge >= 0.3 is 23.1 Å². The Balaban J connectivity index is 1.09. The molecule has 1 saturated heterocycles. The number of ether oxygens (including phenoxy) is 4. The van der Waals surface area contributed by atoms with E-state index in [1.54, 1.807) is 86.8 Å². The van der Waals surface area contributed by atoms with Gasteiger partial charge in [-0.15, -0.1) is 24.0 Å². The minimum absolute atomic E-state index is 0.0203. The molecule has 3 N–H and O–H groups in total. The Bertz CT molecular complexity index is 3560. The maximum Gasteiger partial charge on any atom is 0.356 e. The highest BCUT2D eigenvalue weighted by atomic mass is 32.2. The van der Waals surface area contributed by atoms with Crippen LogP contribution in [0.1, 0.15) is 66.2 Å². The first-order valence-corrected chi connectivity index (χ1v) is 28.3. The number of fused-ring (bicyclic) bond motifs is 1. The number of nitrogens with one attached hydrogen (secondary N) is 3. The molecule has 2 amide bonds. The smallest absolute Gasteiger partial charge is 0.356 e. The van der Waals surface area contributed by atoms with E-state index in [1.807, 2.05) is 91.0 Å². The number of rotatable bonds is 21. The number of hydrogen-bond donors (Lipinski definition) is 4. The molecule has 7 aromatic rings. The van der Waals surface area contributed by atoms with Crippen molar-refractivity contribution >= 4 is 74.3 Å². The lowest BCUT2D eigenvalue weighted by atomic mass is 9.77. The molecule has 422 valence electrons. The molecule has 3 unspecified atom stereocenters. The normalized spacial score (nSPS) is 16.6. The van der Waals surface area contributed by atoms with Gasteiger partial charge in [-0.2, -0.15) is 5.10 Å². The van der Waals surface area contributed by atoms with Crippen LogP contribution in [0.15, 0.2) is 189 Å². The number of β-lactam (4-membered cyclic amide) rings is 1. The summed E-state index contributed by atoms with van der Waals surface area (Å²) < 4.78 is 38.0. The van der Waals surface area contributed by atoms with Crippen LogP contribution in [0.5, 0.6) is 0 Å². The van der Waals surface area contributed by atoms with Gasteiger partial charge in [0, 0.05) is 24.5 Å². The second-order valence-corrected chi connectivity index (χ2v) is 22.5. The Morgan fingerprint density at radius 2 is 1.37 bits per heavy atom. The Hall–Kier alpha value is -8.61. The Morgan fingerprint density at radius 3 is 1.89 bits per heavy atom. The number of carbonyl (C=O) groups is 4. The van der Waals surface area contributed by atoms with Crippen molar-refractivity contribution < 1.29 is 47.2 Å². The lowest BCUT2D eigenvalue weighted by Gasteiger charge is -2.49. The van der Waals surface area contributed by atoms with Crippen LogP contribution in [0, 0.1) is 0 Å². The molecule has 4 heterocycles. The second-order valence-electron chi connectivity index (χ2n) is 19.6. The minimum atomic E-state index is -2.08. The topological polar surface area (TPSA) is 252 Å². The van der Waals surface area contributed by atoms with Crippen molar-refractivity contribution in [1.82, 2.24) is 30.0 Å². The molecule has 82 heavy (non-hydrogen) atoms. The standard InChI is InChI=1S/C59H56N8O12S3/c1-58(2,3)79-44(68)33-77-65-46(42-34-81-57(60-42)62-59(39-25-15-8-16-26-39,40-27-17-9-18-28-40)41-29-19-10-20-30-41)51(69)61-47-53(71)67-48(56(73)78-49(36-21-11-6-12-22-36)37-23-13-7-14-24-37)38(35-82(74)55(47)67)31-43(80)50-63-64-52(70)54(72)66(50)32-45(75-4)76-5/h6-31,34,45,47,49,55,80H,32-33,35H2,1-5H3,(H,60,62)(H,61,69)(H,64,70). The molecule has 0 saturated carbocycles. The molecule has 23 heteroatoms. The van der Waals surface area contributed by atoms with Crippen LogP contribution < -0.4 is 21.8 Å². The lowest BCUT2D eigenvalue weighted by Crippen LogP contribution is -2.74. The molecule has 9 rings (SSSR count). The van der Waals surface area contributed by atoms with Gasteiger partial charge in [0.2, 0.25) is 6.61 Å². The van der Waals surface area contributed by atoms with E-state index in [0.717, 1.165) is 37.5 Å². The Labute approximate surface area is 482 Å². The summed E-state index contributed by atoms with van der Waals surface area (Å²) in [5.74, 6) is -4.29. The first-order chi connectivity index (χ1) is 39.5. The summed E-state index contributed by atoms with van der Waals surface area (Å²) in [4.78, 5) is 94.6. The number of methoxy groups -OCH3 is 2. The highest BCUT2D eigenvalue weighted by Crippen LogP contribution is 2.42. The van der Waals surface area contributed by atoms with Crippen molar-refractivity contribution in [3.05, 3.63) is 234 Å². The summed E-state index contributed by atoms with van der Waals surface area (Å²) in [5.41, 5.74) is -1.04. The van der Waals surface area contributed by atoms with E-state index >= 15 is 4.79 Å². The molecule has 0 aliphatic carbocycles. The molecule has 20 nitrogen and oxygen atoms in total. The fourth-order valence-corrected chi connectivity index (χ4v) is 12.1. The maximum absolute atomic E-state index is 15.0. The molecule has 0 bridgehead atoms. The number of anilines is 1. The number of esters is 2. The van der Waals surface area contributed by atoms with E-state index in [-0.39, 0.29) is 34.2 Å². The maximum atomic E-state index is 15.0. The van der Waals surface area contributed by atoms with E-state index in [1.165, 1.54) is 20.3 Å². The Morgan fingerprint density at radius 1 is 0.829 bits per heavy atom. The number of benzene rings is 5. The summed E-state index contributed by atoms with van der Waals surface area (Å²) in [6.45, 7) is 4.01. The number of carbonyl (C=O) groups excluding carboxylic acids is 4. The molecule has 2 aromatic heterocycles. The SMILES string of the molecule is COC(Cn1c(C(S)=CC2=C(C(=O)OC(c3ccccc3)c3ccccc3)N3C(=O)C(NC(=O)C(=NOCC(=O)OC(C)(C)C)c4csc(NC(c5ccccc5)(c5ccccc5)c5ccccc5)n4)C3S(=O)C2)n[nH]c(=O)c1=O)OC. The van der Waals surface area contributed by atoms with Gasteiger partial charge in [-0.25, -0.2) is 19.7 Å². The van der Waals surface area contributed by atoms with Gasteiger partial charge in [-0.3, -0.25) is 32.9 Å². The first kappa shape index (κ1) is 58.1. The average Bonchev–Trinajstić information content (AvgIpc) is 3.69. The number of hydrogen-bond acceptors (Lipinski definition) is 18. The number of thiol groups is 1.